The van der Waals surface area contributed by atoms with Crippen LogP contribution < -0.4 is 5.32 Å². The van der Waals surface area contributed by atoms with Crippen molar-refractivity contribution >= 4 is 47.9 Å². The molecule has 1 unspecified atom stereocenters. The van der Waals surface area contributed by atoms with Crippen LogP contribution in [0, 0.1) is 11.7 Å². The molecule has 1 atom stereocenters. The first-order valence-corrected chi connectivity index (χ1v) is 16.7. The normalized spacial score (nSPS) is 21.8. The van der Waals surface area contributed by atoms with Gasteiger partial charge in [-0.15, -0.1) is 15.7 Å². The number of amides is 1. The fraction of sp³-hybridized carbons (Fsp3) is 0.440. The minimum Gasteiger partial charge on any atom is -0.511 e. The fourth-order valence-corrected chi connectivity index (χ4v) is 8.69. The van der Waals surface area contributed by atoms with Crippen LogP contribution in [-0.2, 0) is 37.6 Å². The molecule has 13 heteroatoms. The zero-order valence-corrected chi connectivity index (χ0v) is 23.1. The van der Waals surface area contributed by atoms with E-state index in [2.05, 4.69) is 9.71 Å². The Kier molecular flexibility index (Phi) is 7.12. The highest BCUT2D eigenvalue weighted by molar-refractivity contribution is 7.91. The van der Waals surface area contributed by atoms with Crippen LogP contribution in [0.1, 0.15) is 43.2 Å². The van der Waals surface area contributed by atoms with Crippen LogP contribution in [0.25, 0.3) is 0 Å². The molecule has 2 N–H and O–H groups in total. The quantitative estimate of drug-likeness (QED) is 0.508. The van der Waals surface area contributed by atoms with Crippen molar-refractivity contribution in [3.05, 3.63) is 57.9 Å². The Hall–Kier alpha value is -2.77. The Morgan fingerprint density at radius 1 is 1.21 bits per heavy atom. The predicted molar refractivity (Wildman–Crippen MR) is 143 cm³/mol. The van der Waals surface area contributed by atoms with E-state index < -0.39 is 31.6 Å². The average molecular weight is 582 g/mol. The zero-order valence-electron chi connectivity index (χ0n) is 20.7. The summed E-state index contributed by atoms with van der Waals surface area (Å²) >= 11 is 1.07. The van der Waals surface area contributed by atoms with E-state index >= 15 is 0 Å². The van der Waals surface area contributed by atoms with Crippen molar-refractivity contribution in [1.29, 1.82) is 0 Å². The molecule has 3 heterocycles. The maximum Gasteiger partial charge on any atom is 0.287 e. The van der Waals surface area contributed by atoms with E-state index in [-0.39, 0.29) is 64.2 Å². The summed E-state index contributed by atoms with van der Waals surface area (Å²) in [6, 6.07) is 5.56. The molecule has 1 aliphatic carbocycles. The summed E-state index contributed by atoms with van der Waals surface area (Å²) in [5, 5.41) is 15.7. The summed E-state index contributed by atoms with van der Waals surface area (Å²) in [6.45, 7) is 0.178. The Morgan fingerprint density at radius 3 is 2.55 bits per heavy atom. The molecule has 0 bridgehead atoms. The highest BCUT2D eigenvalue weighted by atomic mass is 32.2. The number of aliphatic hydroxyl groups is 1. The van der Waals surface area contributed by atoms with Gasteiger partial charge in [0.2, 0.25) is 0 Å². The van der Waals surface area contributed by atoms with E-state index in [1.165, 1.54) is 12.1 Å². The number of anilines is 1. The van der Waals surface area contributed by atoms with Gasteiger partial charge in [0.15, 0.2) is 5.84 Å². The summed E-state index contributed by atoms with van der Waals surface area (Å²) in [7, 11) is -7.58. The lowest BCUT2D eigenvalue weighted by atomic mass is 9.87. The molecule has 5 rings (SSSR count). The standard InChI is InChI=1S/C25H28FN3O6S3/c1-37(32,33)11-10-17-14-36-24-22(17)38(34,35)28-23(27-24)21-20(30)12-19(16-4-2-3-5-16)29(25(21)31)13-15-6-8-18(26)9-7-15/h6-9,14,16,19,30H,2-5,10-13H2,1H3,(H,27,28). The second-order valence-electron chi connectivity index (χ2n) is 10.0. The molecule has 38 heavy (non-hydrogen) atoms. The number of thiophene rings is 1. The van der Waals surface area contributed by atoms with Gasteiger partial charge in [-0.05, 0) is 53.8 Å². The Balaban J connectivity index is 1.49. The number of amidine groups is 1. The first-order chi connectivity index (χ1) is 17.9. The summed E-state index contributed by atoms with van der Waals surface area (Å²) in [5.41, 5.74) is 0.838. The molecule has 0 spiro atoms. The smallest absolute Gasteiger partial charge is 0.287 e. The van der Waals surface area contributed by atoms with E-state index in [4.69, 9.17) is 0 Å². The van der Waals surface area contributed by atoms with E-state index in [9.17, 15) is 31.1 Å². The fourth-order valence-electron chi connectivity index (χ4n) is 5.43. The lowest BCUT2D eigenvalue weighted by Gasteiger charge is -2.40. The SMILES string of the molecule is CS(=O)(=O)CCc1csc2c1S(=O)(=O)N=C(C1=C(O)CC(C3CCCC3)N(Cc3ccc(F)cc3)C1=O)N2. The minimum absolute atomic E-state index is 0.0117. The second-order valence-corrected chi connectivity index (χ2v) is 14.7. The summed E-state index contributed by atoms with van der Waals surface area (Å²) in [6.07, 6.45) is 5.16. The van der Waals surface area contributed by atoms with Crippen molar-refractivity contribution < 1.29 is 31.1 Å². The van der Waals surface area contributed by atoms with Crippen molar-refractivity contribution in [3.8, 4) is 0 Å². The molecular weight excluding hydrogens is 553 g/mol. The number of aliphatic hydroxyl groups excluding tert-OH is 1. The van der Waals surface area contributed by atoms with Gasteiger partial charge in [0.05, 0.1) is 5.75 Å². The molecule has 1 aromatic heterocycles. The van der Waals surface area contributed by atoms with Gasteiger partial charge in [0, 0.05) is 25.3 Å². The van der Waals surface area contributed by atoms with Crippen LogP contribution in [0.15, 0.2) is 50.3 Å². The Bertz CT molecular complexity index is 1540. The molecule has 2 aromatic rings. The zero-order chi connectivity index (χ0) is 27.2. The van der Waals surface area contributed by atoms with Gasteiger partial charge >= 0.3 is 0 Å². The third-order valence-electron chi connectivity index (χ3n) is 7.27. The molecule has 204 valence electrons. The third kappa shape index (κ3) is 5.36. The van der Waals surface area contributed by atoms with Crippen LogP contribution in [0.2, 0.25) is 0 Å². The van der Waals surface area contributed by atoms with Crippen molar-refractivity contribution in [2.75, 3.05) is 17.3 Å². The second kappa shape index (κ2) is 10.1. The number of fused-ring (bicyclic) bond motifs is 1. The number of hydrogen-bond acceptors (Lipinski definition) is 8. The maximum absolute atomic E-state index is 13.9. The Morgan fingerprint density at radius 2 is 1.89 bits per heavy atom. The van der Waals surface area contributed by atoms with E-state index in [0.29, 0.717) is 11.1 Å². The van der Waals surface area contributed by atoms with Crippen molar-refractivity contribution in [2.45, 2.75) is 56.0 Å². The van der Waals surface area contributed by atoms with Gasteiger partial charge in [0.25, 0.3) is 15.9 Å². The molecule has 1 aromatic carbocycles. The number of sulfonamides is 1. The number of benzene rings is 1. The number of nitrogens with one attached hydrogen (secondary N) is 1. The van der Waals surface area contributed by atoms with Crippen LogP contribution >= 0.6 is 11.3 Å². The molecule has 3 aliphatic rings. The maximum atomic E-state index is 13.9. The van der Waals surface area contributed by atoms with E-state index in [1.807, 2.05) is 0 Å². The van der Waals surface area contributed by atoms with Gasteiger partial charge in [-0.1, -0.05) is 25.0 Å². The number of sulfone groups is 1. The number of aryl methyl sites for hydroxylation is 1. The third-order valence-corrected chi connectivity index (χ3v) is 10.7. The van der Waals surface area contributed by atoms with Gasteiger partial charge in [-0.3, -0.25) is 4.79 Å². The summed E-state index contributed by atoms with van der Waals surface area (Å²) < 4.78 is 66.9. The topological polar surface area (TPSA) is 133 Å². The molecule has 1 amide bonds. The van der Waals surface area contributed by atoms with Crippen molar-refractivity contribution in [2.24, 2.45) is 10.3 Å². The summed E-state index contributed by atoms with van der Waals surface area (Å²) in [4.78, 5) is 15.4. The number of hydrogen-bond donors (Lipinski definition) is 2. The monoisotopic (exact) mass is 581 g/mol. The molecule has 0 saturated heterocycles. The number of carbonyl (C=O) groups excluding carboxylic acids is 1. The van der Waals surface area contributed by atoms with E-state index in [0.717, 1.165) is 43.3 Å². The minimum atomic E-state index is -4.27. The van der Waals surface area contributed by atoms with Gasteiger partial charge in [-0.2, -0.15) is 8.42 Å². The molecule has 0 radical (unpaired) electrons. The van der Waals surface area contributed by atoms with Crippen LogP contribution in [0.3, 0.4) is 0 Å². The predicted octanol–water partition coefficient (Wildman–Crippen LogP) is 3.79. The van der Waals surface area contributed by atoms with Crippen molar-refractivity contribution in [3.63, 3.8) is 0 Å². The van der Waals surface area contributed by atoms with Crippen molar-refractivity contribution in [1.82, 2.24) is 4.90 Å². The van der Waals surface area contributed by atoms with Crippen LogP contribution in [0.5, 0.6) is 0 Å². The van der Waals surface area contributed by atoms with E-state index in [1.54, 1.807) is 22.4 Å². The first kappa shape index (κ1) is 26.8. The highest BCUT2D eigenvalue weighted by Crippen LogP contribution is 2.41. The van der Waals surface area contributed by atoms with Crippen LogP contribution in [-0.4, -0.2) is 56.6 Å². The van der Waals surface area contributed by atoms with Gasteiger partial charge < -0.3 is 15.3 Å². The summed E-state index contributed by atoms with van der Waals surface area (Å²) in [5.74, 6) is -1.44. The average Bonchev–Trinajstić information content (AvgIpc) is 3.50. The number of halogens is 1. The lowest BCUT2D eigenvalue weighted by molar-refractivity contribution is -0.132. The number of rotatable bonds is 7. The molecule has 1 fully saturated rings. The molecule has 1 saturated carbocycles. The van der Waals surface area contributed by atoms with Gasteiger partial charge in [-0.25, -0.2) is 12.8 Å². The lowest BCUT2D eigenvalue weighted by Crippen LogP contribution is -2.49. The first-order valence-electron chi connectivity index (χ1n) is 12.3. The molecule has 9 nitrogen and oxygen atoms in total. The molecule has 2 aliphatic heterocycles. The largest absolute Gasteiger partial charge is 0.511 e. The molecular formula is C25H28FN3O6S3. The van der Waals surface area contributed by atoms with Gasteiger partial charge in [0.1, 0.15) is 36.9 Å². The Labute approximate surface area is 225 Å². The highest BCUT2D eigenvalue weighted by Gasteiger charge is 2.43. The number of carbonyl (C=O) groups is 1. The van der Waals surface area contributed by atoms with Crippen LogP contribution in [0.4, 0.5) is 9.39 Å². The number of nitrogens with zero attached hydrogens (tertiary/aromatic N) is 2.